The van der Waals surface area contributed by atoms with Crippen LogP contribution in [0.3, 0.4) is 0 Å². The second-order valence-corrected chi connectivity index (χ2v) is 2.74. The average molecular weight is 163 g/mol. The van der Waals surface area contributed by atoms with Gasteiger partial charge in [-0.15, -0.1) is 0 Å². The molecule has 0 aromatic carbocycles. The lowest BCUT2D eigenvalue weighted by atomic mass is 10.1. The van der Waals surface area contributed by atoms with Gasteiger partial charge >= 0.3 is 0 Å². The van der Waals surface area contributed by atoms with E-state index in [4.69, 9.17) is 20.4 Å². The molecule has 0 aromatic rings. The molecule has 66 valence electrons. The lowest BCUT2D eigenvalue weighted by Gasteiger charge is -2.21. The molecule has 5 heteroatoms. The highest BCUT2D eigenvalue weighted by atomic mass is 16.4. The quantitative estimate of drug-likeness (QED) is 0.269. The van der Waals surface area contributed by atoms with Gasteiger partial charge in [0.05, 0.1) is 6.10 Å². The SMILES string of the molecule is OC1NCC[C@@H](O)[C@@H](O)[C@H]1O. The maximum Gasteiger partial charge on any atom is 0.133 e. The van der Waals surface area contributed by atoms with Gasteiger partial charge in [-0.25, -0.2) is 0 Å². The summed E-state index contributed by atoms with van der Waals surface area (Å²) < 4.78 is 0. The van der Waals surface area contributed by atoms with Gasteiger partial charge in [-0.1, -0.05) is 0 Å². The van der Waals surface area contributed by atoms with Crippen LogP contribution in [0.2, 0.25) is 0 Å². The molecular weight excluding hydrogens is 150 g/mol. The Morgan fingerprint density at radius 1 is 1.00 bits per heavy atom. The number of aliphatic hydroxyl groups excluding tert-OH is 4. The van der Waals surface area contributed by atoms with Crippen LogP contribution in [-0.4, -0.2) is 51.5 Å². The van der Waals surface area contributed by atoms with Crippen LogP contribution in [0.5, 0.6) is 0 Å². The van der Waals surface area contributed by atoms with E-state index >= 15 is 0 Å². The molecule has 1 aliphatic heterocycles. The van der Waals surface area contributed by atoms with Crippen molar-refractivity contribution < 1.29 is 20.4 Å². The topological polar surface area (TPSA) is 93.0 Å². The molecule has 0 bridgehead atoms. The van der Waals surface area contributed by atoms with Gasteiger partial charge in [0.2, 0.25) is 0 Å². The van der Waals surface area contributed by atoms with E-state index in [1.165, 1.54) is 0 Å². The summed E-state index contributed by atoms with van der Waals surface area (Å²) >= 11 is 0. The van der Waals surface area contributed by atoms with Gasteiger partial charge in [0, 0.05) is 6.54 Å². The van der Waals surface area contributed by atoms with Crippen LogP contribution in [0, 0.1) is 0 Å². The molecule has 0 amide bonds. The summed E-state index contributed by atoms with van der Waals surface area (Å²) in [7, 11) is 0. The van der Waals surface area contributed by atoms with Gasteiger partial charge < -0.3 is 20.4 Å². The lowest BCUT2D eigenvalue weighted by molar-refractivity contribution is -0.0995. The van der Waals surface area contributed by atoms with Crippen molar-refractivity contribution in [2.24, 2.45) is 0 Å². The van der Waals surface area contributed by atoms with E-state index in [9.17, 15) is 0 Å². The molecule has 1 aliphatic rings. The number of hydrogen-bond donors (Lipinski definition) is 5. The zero-order chi connectivity index (χ0) is 8.43. The Bertz CT molecular complexity index is 118. The van der Waals surface area contributed by atoms with Gasteiger partial charge in [0.15, 0.2) is 0 Å². The van der Waals surface area contributed by atoms with Gasteiger partial charge in [-0.2, -0.15) is 0 Å². The maximum atomic E-state index is 9.10. The molecule has 0 aliphatic carbocycles. The summed E-state index contributed by atoms with van der Waals surface area (Å²) in [5, 5.41) is 38.8. The third-order valence-corrected chi connectivity index (χ3v) is 1.86. The summed E-state index contributed by atoms with van der Waals surface area (Å²) in [6, 6.07) is 0. The molecule has 5 N–H and O–H groups in total. The van der Waals surface area contributed by atoms with Crippen LogP contribution >= 0.6 is 0 Å². The van der Waals surface area contributed by atoms with Crippen molar-refractivity contribution >= 4 is 0 Å². The van der Waals surface area contributed by atoms with E-state index < -0.39 is 24.5 Å². The smallest absolute Gasteiger partial charge is 0.133 e. The Labute approximate surface area is 64.3 Å². The molecule has 0 saturated carbocycles. The monoisotopic (exact) mass is 163 g/mol. The number of nitrogens with one attached hydrogen (secondary N) is 1. The minimum Gasteiger partial charge on any atom is -0.390 e. The van der Waals surface area contributed by atoms with Crippen molar-refractivity contribution in [2.45, 2.75) is 31.0 Å². The molecule has 5 nitrogen and oxygen atoms in total. The Balaban J connectivity index is 2.58. The van der Waals surface area contributed by atoms with Gasteiger partial charge in [0.1, 0.15) is 18.4 Å². The molecule has 11 heavy (non-hydrogen) atoms. The zero-order valence-corrected chi connectivity index (χ0v) is 6.01. The molecule has 4 atom stereocenters. The van der Waals surface area contributed by atoms with E-state index in [-0.39, 0.29) is 0 Å². The van der Waals surface area contributed by atoms with Gasteiger partial charge in [-0.3, -0.25) is 5.32 Å². The second-order valence-electron chi connectivity index (χ2n) is 2.74. The van der Waals surface area contributed by atoms with Crippen molar-refractivity contribution in [1.29, 1.82) is 0 Å². The Kier molecular flexibility index (Phi) is 2.80. The largest absolute Gasteiger partial charge is 0.390 e. The van der Waals surface area contributed by atoms with Crippen molar-refractivity contribution in [1.82, 2.24) is 5.32 Å². The fraction of sp³-hybridized carbons (Fsp3) is 1.00. The van der Waals surface area contributed by atoms with Crippen LogP contribution in [-0.2, 0) is 0 Å². The summed E-state index contributed by atoms with van der Waals surface area (Å²) in [6.45, 7) is 0.385. The molecule has 1 heterocycles. The van der Waals surface area contributed by atoms with Crippen molar-refractivity contribution in [3.63, 3.8) is 0 Å². The summed E-state index contributed by atoms with van der Waals surface area (Å²) in [4.78, 5) is 0. The van der Waals surface area contributed by atoms with Crippen molar-refractivity contribution in [3.8, 4) is 0 Å². The third-order valence-electron chi connectivity index (χ3n) is 1.86. The lowest BCUT2D eigenvalue weighted by Crippen LogP contribution is -2.46. The van der Waals surface area contributed by atoms with E-state index in [1.807, 2.05) is 0 Å². The second kappa shape index (κ2) is 3.46. The zero-order valence-electron chi connectivity index (χ0n) is 6.01. The minimum absolute atomic E-state index is 0.329. The van der Waals surface area contributed by atoms with Crippen molar-refractivity contribution in [3.05, 3.63) is 0 Å². The van der Waals surface area contributed by atoms with E-state index in [1.54, 1.807) is 0 Å². The number of aliphatic hydroxyl groups is 4. The van der Waals surface area contributed by atoms with E-state index in [2.05, 4.69) is 5.32 Å². The highest BCUT2D eigenvalue weighted by Gasteiger charge is 2.32. The van der Waals surface area contributed by atoms with Crippen LogP contribution in [0.25, 0.3) is 0 Å². The van der Waals surface area contributed by atoms with Crippen LogP contribution < -0.4 is 5.32 Å². The van der Waals surface area contributed by atoms with Crippen LogP contribution in [0.1, 0.15) is 6.42 Å². The van der Waals surface area contributed by atoms with Crippen LogP contribution in [0.15, 0.2) is 0 Å². The molecule has 1 unspecified atom stereocenters. The highest BCUT2D eigenvalue weighted by Crippen LogP contribution is 2.09. The summed E-state index contributed by atoms with van der Waals surface area (Å²) in [6.07, 6.45) is -4.36. The molecule has 1 rings (SSSR count). The van der Waals surface area contributed by atoms with Crippen LogP contribution in [0.4, 0.5) is 0 Å². The summed E-state index contributed by atoms with van der Waals surface area (Å²) in [5.74, 6) is 0. The molecule has 0 radical (unpaired) electrons. The number of rotatable bonds is 0. The molecule has 1 saturated heterocycles. The van der Waals surface area contributed by atoms with E-state index in [0.717, 1.165) is 0 Å². The first kappa shape index (κ1) is 8.89. The minimum atomic E-state index is -1.31. The fourth-order valence-corrected chi connectivity index (χ4v) is 1.08. The fourth-order valence-electron chi connectivity index (χ4n) is 1.08. The molecule has 0 spiro atoms. The predicted molar refractivity (Wildman–Crippen MR) is 36.6 cm³/mol. The Morgan fingerprint density at radius 2 is 1.64 bits per heavy atom. The Hall–Kier alpha value is -0.200. The van der Waals surface area contributed by atoms with Gasteiger partial charge in [0.25, 0.3) is 0 Å². The standard InChI is InChI=1S/C6H13NO4/c8-3-1-2-7-6(11)5(10)4(3)9/h3-11H,1-2H2/t3-,4-,5-,6?/m1/s1. The first-order chi connectivity index (χ1) is 5.13. The number of hydrogen-bond acceptors (Lipinski definition) is 5. The predicted octanol–water partition coefficient (Wildman–Crippen LogP) is -2.62. The van der Waals surface area contributed by atoms with Crippen molar-refractivity contribution in [2.75, 3.05) is 6.54 Å². The highest BCUT2D eigenvalue weighted by molar-refractivity contribution is 4.83. The molecule has 1 fully saturated rings. The first-order valence-corrected chi connectivity index (χ1v) is 3.58. The van der Waals surface area contributed by atoms with E-state index in [0.29, 0.717) is 13.0 Å². The average Bonchev–Trinajstić information content (AvgIpc) is 2.07. The normalized spacial score (nSPS) is 46.9. The molecule has 0 aromatic heterocycles. The third kappa shape index (κ3) is 1.88. The maximum absolute atomic E-state index is 9.10. The molecular formula is C6H13NO4. The summed E-state index contributed by atoms with van der Waals surface area (Å²) in [5.41, 5.74) is 0. The first-order valence-electron chi connectivity index (χ1n) is 3.58. The Morgan fingerprint density at radius 3 is 2.27 bits per heavy atom. The van der Waals surface area contributed by atoms with Gasteiger partial charge in [-0.05, 0) is 6.42 Å².